The second kappa shape index (κ2) is 5.14. The van der Waals surface area contributed by atoms with Crippen molar-refractivity contribution >= 4 is 17.6 Å². The van der Waals surface area contributed by atoms with Crippen molar-refractivity contribution in [3.63, 3.8) is 0 Å². The molecular formula is C14H15NO4. The highest BCUT2D eigenvalue weighted by atomic mass is 16.4. The zero-order valence-corrected chi connectivity index (χ0v) is 10.6. The van der Waals surface area contributed by atoms with Gasteiger partial charge in [-0.2, -0.15) is 0 Å². The third kappa shape index (κ3) is 2.76. The molecule has 1 aliphatic rings. The van der Waals surface area contributed by atoms with Gasteiger partial charge in [0.2, 0.25) is 0 Å². The lowest BCUT2D eigenvalue weighted by molar-refractivity contribution is -0.132. The number of carbonyl (C=O) groups is 2. The average molecular weight is 261 g/mol. The molecule has 0 spiro atoms. The minimum absolute atomic E-state index is 0.0616. The van der Waals surface area contributed by atoms with Gasteiger partial charge in [0.15, 0.2) is 0 Å². The Morgan fingerprint density at radius 2 is 1.79 bits per heavy atom. The van der Waals surface area contributed by atoms with Crippen LogP contribution in [-0.2, 0) is 4.79 Å². The molecule has 1 aromatic carbocycles. The highest BCUT2D eigenvalue weighted by Crippen LogP contribution is 2.28. The Bertz CT molecular complexity index is 545. The van der Waals surface area contributed by atoms with Gasteiger partial charge in [0.05, 0.1) is 12.1 Å². The maximum Gasteiger partial charge on any atom is 0.407 e. The van der Waals surface area contributed by atoms with Crippen molar-refractivity contribution < 1.29 is 19.8 Å². The lowest BCUT2D eigenvalue weighted by atomic mass is 9.93. The predicted molar refractivity (Wildman–Crippen MR) is 69.9 cm³/mol. The van der Waals surface area contributed by atoms with Gasteiger partial charge in [0.1, 0.15) is 0 Å². The molecule has 0 radical (unpaired) electrons. The molecule has 0 saturated carbocycles. The first-order valence-corrected chi connectivity index (χ1v) is 5.99. The summed E-state index contributed by atoms with van der Waals surface area (Å²) < 4.78 is 0. The lowest BCUT2D eigenvalue weighted by Gasteiger charge is -2.27. The largest absolute Gasteiger partial charge is 0.478 e. The molecule has 1 aromatic rings. The van der Waals surface area contributed by atoms with E-state index in [1.165, 1.54) is 0 Å². The molecule has 19 heavy (non-hydrogen) atoms. The molecule has 0 saturated heterocycles. The molecule has 0 atom stereocenters. The quantitative estimate of drug-likeness (QED) is 0.855. The van der Waals surface area contributed by atoms with Crippen LogP contribution in [0.15, 0.2) is 29.8 Å². The highest BCUT2D eigenvalue weighted by Gasteiger charge is 2.26. The highest BCUT2D eigenvalue weighted by molar-refractivity contribution is 5.98. The summed E-state index contributed by atoms with van der Waals surface area (Å²) >= 11 is 0. The molecule has 2 rings (SSSR count). The molecular weight excluding hydrogens is 246 g/mol. The van der Waals surface area contributed by atoms with Gasteiger partial charge < -0.3 is 15.1 Å². The van der Waals surface area contributed by atoms with E-state index in [9.17, 15) is 14.7 Å². The molecule has 0 aromatic heterocycles. The van der Waals surface area contributed by atoms with Gasteiger partial charge in [-0.15, -0.1) is 0 Å². The van der Waals surface area contributed by atoms with E-state index in [1.807, 2.05) is 31.2 Å². The molecule has 5 nitrogen and oxygen atoms in total. The number of hydrogen-bond acceptors (Lipinski definition) is 2. The van der Waals surface area contributed by atoms with E-state index in [0.717, 1.165) is 21.6 Å². The summed E-state index contributed by atoms with van der Waals surface area (Å²) in [5.74, 6) is -1.05. The van der Waals surface area contributed by atoms with Crippen molar-refractivity contribution in [2.45, 2.75) is 13.3 Å². The molecule has 1 heterocycles. The fourth-order valence-corrected chi connectivity index (χ4v) is 2.20. The summed E-state index contributed by atoms with van der Waals surface area (Å²) in [4.78, 5) is 23.3. The Morgan fingerprint density at radius 3 is 2.32 bits per heavy atom. The van der Waals surface area contributed by atoms with Crippen LogP contribution in [0.25, 0.3) is 5.57 Å². The number of amides is 1. The van der Waals surface area contributed by atoms with Crippen LogP contribution < -0.4 is 0 Å². The van der Waals surface area contributed by atoms with Crippen LogP contribution in [0.5, 0.6) is 0 Å². The summed E-state index contributed by atoms with van der Waals surface area (Å²) in [6, 6.07) is 7.60. The smallest absolute Gasteiger partial charge is 0.407 e. The van der Waals surface area contributed by atoms with Crippen LogP contribution in [0, 0.1) is 6.92 Å². The summed E-state index contributed by atoms with van der Waals surface area (Å²) in [6.07, 6.45) is -0.654. The topological polar surface area (TPSA) is 77.8 Å². The third-order valence-electron chi connectivity index (χ3n) is 3.27. The number of aliphatic carboxylic acids is 1. The fourth-order valence-electron chi connectivity index (χ4n) is 2.20. The van der Waals surface area contributed by atoms with E-state index in [2.05, 4.69) is 0 Å². The van der Waals surface area contributed by atoms with Crippen molar-refractivity contribution in [1.82, 2.24) is 4.90 Å². The first-order valence-electron chi connectivity index (χ1n) is 5.99. The van der Waals surface area contributed by atoms with Gasteiger partial charge in [-0.1, -0.05) is 29.8 Å². The molecule has 0 fully saturated rings. The van der Waals surface area contributed by atoms with Gasteiger partial charge in [0, 0.05) is 6.54 Å². The molecule has 5 heteroatoms. The van der Waals surface area contributed by atoms with Crippen LogP contribution in [-0.4, -0.2) is 40.3 Å². The summed E-state index contributed by atoms with van der Waals surface area (Å²) in [7, 11) is 0. The van der Waals surface area contributed by atoms with E-state index >= 15 is 0 Å². The minimum atomic E-state index is -1.08. The van der Waals surface area contributed by atoms with E-state index in [-0.39, 0.29) is 12.1 Å². The second-order valence-electron chi connectivity index (χ2n) is 4.58. The zero-order chi connectivity index (χ0) is 14.0. The fraction of sp³-hybridized carbons (Fsp3) is 0.286. The standard InChI is InChI=1S/C14H15NO4/c1-9-2-4-10(5-3-9)11-6-7-15(14(18)19)8-12(11)13(16)17/h2-5H,6-8H2,1H3,(H,16,17)(H,18,19). The average Bonchev–Trinajstić information content (AvgIpc) is 2.38. The first-order chi connectivity index (χ1) is 8.99. The normalized spacial score (nSPS) is 15.5. The van der Waals surface area contributed by atoms with Crippen molar-refractivity contribution in [3.05, 3.63) is 41.0 Å². The summed E-state index contributed by atoms with van der Waals surface area (Å²) in [6.45, 7) is 2.23. The number of nitrogens with zero attached hydrogens (tertiary/aromatic N) is 1. The van der Waals surface area contributed by atoms with Crippen LogP contribution in [0.3, 0.4) is 0 Å². The number of hydrogen-bond donors (Lipinski definition) is 2. The SMILES string of the molecule is Cc1ccc(C2=C(C(=O)O)CN(C(=O)O)CC2)cc1. The Labute approximate surface area is 110 Å². The third-order valence-corrected chi connectivity index (χ3v) is 3.27. The molecule has 1 aliphatic heterocycles. The van der Waals surface area contributed by atoms with Crippen LogP contribution in [0.2, 0.25) is 0 Å². The molecule has 2 N–H and O–H groups in total. The van der Waals surface area contributed by atoms with Gasteiger partial charge in [-0.05, 0) is 24.5 Å². The molecule has 100 valence electrons. The molecule has 0 aliphatic carbocycles. The van der Waals surface area contributed by atoms with Gasteiger partial charge >= 0.3 is 12.1 Å². The van der Waals surface area contributed by atoms with Gasteiger partial charge in [-0.25, -0.2) is 9.59 Å². The Kier molecular flexibility index (Phi) is 3.55. The van der Waals surface area contributed by atoms with Crippen LogP contribution in [0.4, 0.5) is 4.79 Å². The number of carboxylic acid groups (broad SMARTS) is 2. The summed E-state index contributed by atoms with van der Waals surface area (Å²) in [5.41, 5.74) is 2.85. The van der Waals surface area contributed by atoms with Gasteiger partial charge in [-0.3, -0.25) is 0 Å². The lowest BCUT2D eigenvalue weighted by Crippen LogP contribution is -2.37. The first kappa shape index (κ1) is 13.1. The Morgan fingerprint density at radius 1 is 1.16 bits per heavy atom. The monoisotopic (exact) mass is 261 g/mol. The van der Waals surface area contributed by atoms with Crippen molar-refractivity contribution in [2.75, 3.05) is 13.1 Å². The van der Waals surface area contributed by atoms with Crippen molar-refractivity contribution in [2.24, 2.45) is 0 Å². The molecule has 0 bridgehead atoms. The van der Waals surface area contributed by atoms with Crippen molar-refractivity contribution in [3.8, 4) is 0 Å². The van der Waals surface area contributed by atoms with Crippen LogP contribution >= 0.6 is 0 Å². The predicted octanol–water partition coefficient (Wildman–Crippen LogP) is 2.22. The Balaban J connectivity index is 2.40. The molecule has 0 unspecified atom stereocenters. The maximum absolute atomic E-state index is 11.3. The van der Waals surface area contributed by atoms with Gasteiger partial charge in [0.25, 0.3) is 0 Å². The minimum Gasteiger partial charge on any atom is -0.478 e. The second-order valence-corrected chi connectivity index (χ2v) is 4.58. The van der Waals surface area contributed by atoms with E-state index in [4.69, 9.17) is 5.11 Å². The van der Waals surface area contributed by atoms with Crippen molar-refractivity contribution in [1.29, 1.82) is 0 Å². The Hall–Kier alpha value is -2.30. The summed E-state index contributed by atoms with van der Waals surface area (Å²) in [5, 5.41) is 18.2. The number of carboxylic acids is 1. The van der Waals surface area contributed by atoms with Crippen LogP contribution in [0.1, 0.15) is 17.5 Å². The van der Waals surface area contributed by atoms with E-state index < -0.39 is 12.1 Å². The van der Waals surface area contributed by atoms with E-state index in [0.29, 0.717) is 13.0 Å². The van der Waals surface area contributed by atoms with E-state index in [1.54, 1.807) is 0 Å². The zero-order valence-electron chi connectivity index (χ0n) is 10.6. The number of benzene rings is 1. The number of rotatable bonds is 2. The maximum atomic E-state index is 11.3. The molecule has 1 amide bonds. The number of aryl methyl sites for hydroxylation is 1.